The normalized spacial score (nSPS) is 24.4. The summed E-state index contributed by atoms with van der Waals surface area (Å²) >= 11 is 0. The summed E-state index contributed by atoms with van der Waals surface area (Å²) in [5.41, 5.74) is 0.760. The van der Waals surface area contributed by atoms with Gasteiger partial charge in [-0.2, -0.15) is 0 Å². The monoisotopic (exact) mass is 251 g/mol. The molecule has 0 radical (unpaired) electrons. The van der Waals surface area contributed by atoms with E-state index in [9.17, 15) is 9.50 Å². The van der Waals surface area contributed by atoms with Gasteiger partial charge < -0.3 is 10.0 Å². The maximum absolute atomic E-state index is 13.5. The van der Waals surface area contributed by atoms with Crippen LogP contribution in [0, 0.1) is 11.7 Å². The van der Waals surface area contributed by atoms with E-state index in [4.69, 9.17) is 0 Å². The Kier molecular flexibility index (Phi) is 4.72. The standard InChI is InChI=1S/C15H22FNO/c1-17(10-12-6-8-14(18)9-7-12)11-13-4-2-3-5-15(13)16/h2-5,12,14,18H,6-11H2,1H3. The number of rotatable bonds is 4. The van der Waals surface area contributed by atoms with Crippen LogP contribution in [0.5, 0.6) is 0 Å². The molecule has 0 saturated heterocycles. The van der Waals surface area contributed by atoms with E-state index in [-0.39, 0.29) is 11.9 Å². The lowest BCUT2D eigenvalue weighted by molar-refractivity contribution is 0.0966. The highest BCUT2D eigenvalue weighted by molar-refractivity contribution is 5.16. The van der Waals surface area contributed by atoms with Crippen LogP contribution in [-0.2, 0) is 6.54 Å². The minimum Gasteiger partial charge on any atom is -0.393 e. The largest absolute Gasteiger partial charge is 0.393 e. The van der Waals surface area contributed by atoms with Crippen molar-refractivity contribution in [1.82, 2.24) is 4.90 Å². The quantitative estimate of drug-likeness (QED) is 0.889. The van der Waals surface area contributed by atoms with Crippen LogP contribution >= 0.6 is 0 Å². The second-order valence-electron chi connectivity index (χ2n) is 5.46. The van der Waals surface area contributed by atoms with E-state index in [2.05, 4.69) is 4.90 Å². The van der Waals surface area contributed by atoms with Crippen LogP contribution < -0.4 is 0 Å². The zero-order valence-electron chi connectivity index (χ0n) is 11.0. The SMILES string of the molecule is CN(Cc1ccccc1F)CC1CCC(O)CC1. The van der Waals surface area contributed by atoms with Crippen molar-refractivity contribution < 1.29 is 9.50 Å². The third-order valence-electron chi connectivity index (χ3n) is 3.78. The molecule has 0 aliphatic heterocycles. The average molecular weight is 251 g/mol. The van der Waals surface area contributed by atoms with Gasteiger partial charge in [0.25, 0.3) is 0 Å². The molecule has 1 fully saturated rings. The summed E-state index contributed by atoms with van der Waals surface area (Å²) in [7, 11) is 2.04. The van der Waals surface area contributed by atoms with Gasteiger partial charge in [0.1, 0.15) is 5.82 Å². The molecule has 1 aliphatic rings. The molecule has 0 atom stereocenters. The van der Waals surface area contributed by atoms with E-state index in [0.29, 0.717) is 12.5 Å². The molecule has 0 heterocycles. The third kappa shape index (κ3) is 3.79. The Morgan fingerprint density at radius 1 is 1.22 bits per heavy atom. The molecule has 1 saturated carbocycles. The fourth-order valence-corrected chi connectivity index (χ4v) is 2.75. The van der Waals surface area contributed by atoms with E-state index in [1.807, 2.05) is 19.2 Å². The van der Waals surface area contributed by atoms with Gasteiger partial charge in [0.2, 0.25) is 0 Å². The highest BCUT2D eigenvalue weighted by Gasteiger charge is 2.20. The van der Waals surface area contributed by atoms with Crippen molar-refractivity contribution in [3.63, 3.8) is 0 Å². The molecule has 0 amide bonds. The molecule has 0 bridgehead atoms. The summed E-state index contributed by atoms with van der Waals surface area (Å²) in [6, 6.07) is 6.96. The molecule has 2 rings (SSSR count). The number of nitrogens with zero attached hydrogens (tertiary/aromatic N) is 1. The molecule has 0 aromatic heterocycles. The Morgan fingerprint density at radius 2 is 1.89 bits per heavy atom. The van der Waals surface area contributed by atoms with Gasteiger partial charge in [-0.3, -0.25) is 0 Å². The summed E-state index contributed by atoms with van der Waals surface area (Å²) in [5, 5.41) is 9.47. The van der Waals surface area contributed by atoms with Gasteiger partial charge in [0.05, 0.1) is 6.10 Å². The van der Waals surface area contributed by atoms with Crippen LogP contribution in [0.15, 0.2) is 24.3 Å². The number of benzene rings is 1. The van der Waals surface area contributed by atoms with Gasteiger partial charge in [0.15, 0.2) is 0 Å². The molecule has 1 N–H and O–H groups in total. The molecule has 18 heavy (non-hydrogen) atoms. The van der Waals surface area contributed by atoms with Crippen LogP contribution in [0.3, 0.4) is 0 Å². The first kappa shape index (κ1) is 13.5. The van der Waals surface area contributed by atoms with E-state index in [0.717, 1.165) is 37.8 Å². The predicted molar refractivity (Wildman–Crippen MR) is 70.7 cm³/mol. The predicted octanol–water partition coefficient (Wildman–Crippen LogP) is 2.81. The first-order chi connectivity index (χ1) is 8.65. The molecule has 1 aromatic rings. The van der Waals surface area contributed by atoms with Crippen molar-refractivity contribution in [3.05, 3.63) is 35.6 Å². The Morgan fingerprint density at radius 3 is 2.56 bits per heavy atom. The molecule has 1 aromatic carbocycles. The number of aliphatic hydroxyl groups is 1. The molecule has 0 unspecified atom stereocenters. The second-order valence-corrected chi connectivity index (χ2v) is 5.46. The fourth-order valence-electron chi connectivity index (χ4n) is 2.75. The van der Waals surface area contributed by atoms with Gasteiger partial charge in [-0.1, -0.05) is 18.2 Å². The topological polar surface area (TPSA) is 23.5 Å². The van der Waals surface area contributed by atoms with Gasteiger partial charge >= 0.3 is 0 Å². The van der Waals surface area contributed by atoms with E-state index in [1.165, 1.54) is 6.07 Å². The second kappa shape index (κ2) is 6.30. The first-order valence-corrected chi connectivity index (χ1v) is 6.75. The Balaban J connectivity index is 1.82. The lowest BCUT2D eigenvalue weighted by Crippen LogP contribution is -2.29. The highest BCUT2D eigenvalue weighted by Crippen LogP contribution is 2.25. The number of halogens is 1. The van der Waals surface area contributed by atoms with Crippen LogP contribution in [0.2, 0.25) is 0 Å². The van der Waals surface area contributed by atoms with Crippen molar-refractivity contribution in [1.29, 1.82) is 0 Å². The molecular formula is C15H22FNO. The number of aliphatic hydroxyl groups excluding tert-OH is 1. The average Bonchev–Trinajstić information content (AvgIpc) is 2.35. The van der Waals surface area contributed by atoms with Gasteiger partial charge in [-0.05, 0) is 44.7 Å². The third-order valence-corrected chi connectivity index (χ3v) is 3.78. The van der Waals surface area contributed by atoms with Gasteiger partial charge in [-0.15, -0.1) is 0 Å². The highest BCUT2D eigenvalue weighted by atomic mass is 19.1. The summed E-state index contributed by atoms with van der Waals surface area (Å²) in [4.78, 5) is 2.18. The molecule has 1 aliphatic carbocycles. The zero-order chi connectivity index (χ0) is 13.0. The van der Waals surface area contributed by atoms with Crippen molar-refractivity contribution in [2.45, 2.75) is 38.3 Å². The Hall–Kier alpha value is -0.930. The van der Waals surface area contributed by atoms with E-state index in [1.54, 1.807) is 6.07 Å². The maximum Gasteiger partial charge on any atom is 0.127 e. The lowest BCUT2D eigenvalue weighted by Gasteiger charge is -2.29. The minimum atomic E-state index is -0.122. The summed E-state index contributed by atoms with van der Waals surface area (Å²) in [6.45, 7) is 1.65. The molecule has 3 heteroatoms. The molecular weight excluding hydrogens is 229 g/mol. The summed E-state index contributed by atoms with van der Waals surface area (Å²) < 4.78 is 13.5. The Bertz CT molecular complexity index is 375. The number of hydrogen-bond acceptors (Lipinski definition) is 2. The first-order valence-electron chi connectivity index (χ1n) is 6.75. The lowest BCUT2D eigenvalue weighted by atomic mass is 9.87. The van der Waals surface area contributed by atoms with Crippen LogP contribution in [0.25, 0.3) is 0 Å². The molecule has 2 nitrogen and oxygen atoms in total. The summed E-state index contributed by atoms with van der Waals surface area (Å²) in [6.07, 6.45) is 3.90. The summed E-state index contributed by atoms with van der Waals surface area (Å²) in [5.74, 6) is 0.522. The fraction of sp³-hybridized carbons (Fsp3) is 0.600. The van der Waals surface area contributed by atoms with Crippen molar-refractivity contribution in [2.24, 2.45) is 5.92 Å². The van der Waals surface area contributed by atoms with Crippen molar-refractivity contribution >= 4 is 0 Å². The molecule has 0 spiro atoms. The maximum atomic E-state index is 13.5. The zero-order valence-corrected chi connectivity index (χ0v) is 11.0. The molecule has 100 valence electrons. The smallest absolute Gasteiger partial charge is 0.127 e. The van der Waals surface area contributed by atoms with Crippen LogP contribution in [-0.4, -0.2) is 29.7 Å². The Labute approximate surface area is 108 Å². The van der Waals surface area contributed by atoms with E-state index < -0.39 is 0 Å². The van der Waals surface area contributed by atoms with Crippen LogP contribution in [0.4, 0.5) is 4.39 Å². The van der Waals surface area contributed by atoms with E-state index >= 15 is 0 Å². The van der Waals surface area contributed by atoms with Gasteiger partial charge in [0, 0.05) is 18.7 Å². The number of hydrogen-bond donors (Lipinski definition) is 1. The van der Waals surface area contributed by atoms with Crippen molar-refractivity contribution in [2.75, 3.05) is 13.6 Å². The van der Waals surface area contributed by atoms with Crippen molar-refractivity contribution in [3.8, 4) is 0 Å². The van der Waals surface area contributed by atoms with Crippen LogP contribution in [0.1, 0.15) is 31.2 Å². The minimum absolute atomic E-state index is 0.0990. The van der Waals surface area contributed by atoms with Gasteiger partial charge in [-0.25, -0.2) is 4.39 Å².